The molecule has 5 nitrogen and oxygen atoms in total. The number of carbonyl (C=O) groups excluding carboxylic acids is 1. The second-order valence-corrected chi connectivity index (χ2v) is 7.87. The Kier molecular flexibility index (Phi) is 9.56. The Morgan fingerprint density at radius 3 is 2.68 bits per heavy atom. The van der Waals surface area contributed by atoms with E-state index in [1.165, 1.54) is 23.1 Å². The SMILES string of the molecule is Cl.Cl.N[C@@H](Cc1cn(Cc2ccccc2)cn1)C(=O)NCC1CCCc2ccccc21. The summed E-state index contributed by atoms with van der Waals surface area (Å²) < 4.78 is 2.02. The van der Waals surface area contributed by atoms with Gasteiger partial charge < -0.3 is 15.6 Å². The summed E-state index contributed by atoms with van der Waals surface area (Å²) >= 11 is 0. The largest absolute Gasteiger partial charge is 0.354 e. The number of aryl methyl sites for hydroxylation is 1. The molecule has 1 unspecified atom stereocenters. The molecule has 0 bridgehead atoms. The molecule has 1 amide bonds. The van der Waals surface area contributed by atoms with Crippen molar-refractivity contribution in [2.45, 2.75) is 44.2 Å². The van der Waals surface area contributed by atoms with Crippen LogP contribution in [0, 0.1) is 0 Å². The first-order valence-electron chi connectivity index (χ1n) is 10.3. The van der Waals surface area contributed by atoms with E-state index < -0.39 is 6.04 Å². The molecule has 0 aliphatic heterocycles. The smallest absolute Gasteiger partial charge is 0.237 e. The van der Waals surface area contributed by atoms with Crippen molar-refractivity contribution < 1.29 is 4.79 Å². The van der Waals surface area contributed by atoms with Crippen LogP contribution in [0.2, 0.25) is 0 Å². The summed E-state index contributed by atoms with van der Waals surface area (Å²) in [6.45, 7) is 1.41. The van der Waals surface area contributed by atoms with E-state index in [4.69, 9.17) is 5.73 Å². The van der Waals surface area contributed by atoms with Crippen LogP contribution in [0.5, 0.6) is 0 Å². The number of amides is 1. The maximum atomic E-state index is 12.5. The van der Waals surface area contributed by atoms with E-state index in [0.29, 0.717) is 18.9 Å². The zero-order chi connectivity index (χ0) is 20.1. The van der Waals surface area contributed by atoms with Crippen molar-refractivity contribution in [3.05, 3.63) is 89.5 Å². The highest BCUT2D eigenvalue weighted by Gasteiger charge is 2.22. The molecule has 0 saturated heterocycles. The topological polar surface area (TPSA) is 72.9 Å². The maximum Gasteiger partial charge on any atom is 0.237 e. The van der Waals surface area contributed by atoms with Crippen LogP contribution in [0.15, 0.2) is 67.1 Å². The van der Waals surface area contributed by atoms with Gasteiger partial charge in [-0.05, 0) is 36.0 Å². The second kappa shape index (κ2) is 11.9. The number of benzene rings is 2. The minimum Gasteiger partial charge on any atom is -0.354 e. The van der Waals surface area contributed by atoms with Crippen molar-refractivity contribution >= 4 is 30.7 Å². The van der Waals surface area contributed by atoms with Gasteiger partial charge in [-0.15, -0.1) is 24.8 Å². The van der Waals surface area contributed by atoms with Crippen LogP contribution < -0.4 is 11.1 Å². The highest BCUT2D eigenvalue weighted by Crippen LogP contribution is 2.30. The number of halogens is 2. The molecule has 7 heteroatoms. The summed E-state index contributed by atoms with van der Waals surface area (Å²) in [5.74, 6) is 0.270. The quantitative estimate of drug-likeness (QED) is 0.561. The molecular weight excluding hydrogens is 431 g/mol. The van der Waals surface area contributed by atoms with Gasteiger partial charge in [0.15, 0.2) is 0 Å². The van der Waals surface area contributed by atoms with Gasteiger partial charge in [0.1, 0.15) is 0 Å². The van der Waals surface area contributed by atoms with Crippen molar-refractivity contribution in [2.75, 3.05) is 6.54 Å². The highest BCUT2D eigenvalue weighted by atomic mass is 35.5. The Labute approximate surface area is 196 Å². The zero-order valence-electron chi connectivity index (χ0n) is 17.4. The molecule has 0 saturated carbocycles. The number of hydrogen-bond acceptors (Lipinski definition) is 3. The Hall–Kier alpha value is -2.34. The number of aromatic nitrogens is 2. The summed E-state index contributed by atoms with van der Waals surface area (Å²) in [5, 5.41) is 3.06. The van der Waals surface area contributed by atoms with E-state index in [1.54, 1.807) is 6.33 Å². The molecule has 0 radical (unpaired) electrons. The predicted octanol–water partition coefficient (Wildman–Crippen LogP) is 3.88. The fourth-order valence-electron chi connectivity index (χ4n) is 4.13. The molecule has 31 heavy (non-hydrogen) atoms. The number of imidazole rings is 1. The summed E-state index contributed by atoms with van der Waals surface area (Å²) in [7, 11) is 0. The van der Waals surface area contributed by atoms with Gasteiger partial charge >= 0.3 is 0 Å². The normalized spacial score (nSPS) is 15.7. The van der Waals surface area contributed by atoms with E-state index in [2.05, 4.69) is 46.7 Å². The number of nitrogens with one attached hydrogen (secondary N) is 1. The lowest BCUT2D eigenvalue weighted by molar-refractivity contribution is -0.122. The van der Waals surface area contributed by atoms with Crippen LogP contribution in [0.25, 0.3) is 0 Å². The van der Waals surface area contributed by atoms with E-state index in [0.717, 1.165) is 25.1 Å². The molecule has 3 aromatic rings. The third-order valence-corrected chi connectivity index (χ3v) is 5.68. The van der Waals surface area contributed by atoms with Gasteiger partial charge in [-0.25, -0.2) is 4.98 Å². The van der Waals surface area contributed by atoms with E-state index in [9.17, 15) is 4.79 Å². The van der Waals surface area contributed by atoms with Gasteiger partial charge in [-0.3, -0.25) is 4.79 Å². The lowest BCUT2D eigenvalue weighted by Crippen LogP contribution is -2.43. The van der Waals surface area contributed by atoms with Gasteiger partial charge in [-0.2, -0.15) is 0 Å². The third kappa shape index (κ3) is 6.57. The summed E-state index contributed by atoms with van der Waals surface area (Å²) in [6.07, 6.45) is 7.61. The molecule has 0 fully saturated rings. The summed E-state index contributed by atoms with van der Waals surface area (Å²) in [5.41, 5.74) is 11.0. The Morgan fingerprint density at radius 1 is 1.13 bits per heavy atom. The summed E-state index contributed by atoms with van der Waals surface area (Å²) in [6, 6.07) is 18.2. The minimum absolute atomic E-state index is 0. The van der Waals surface area contributed by atoms with Crippen LogP contribution in [-0.2, 0) is 24.2 Å². The van der Waals surface area contributed by atoms with Gasteiger partial charge in [0.05, 0.1) is 18.1 Å². The van der Waals surface area contributed by atoms with E-state index >= 15 is 0 Å². The molecule has 166 valence electrons. The first-order valence-corrected chi connectivity index (χ1v) is 10.3. The minimum atomic E-state index is -0.589. The molecule has 1 aliphatic rings. The fraction of sp³-hybridized carbons (Fsp3) is 0.333. The number of fused-ring (bicyclic) bond motifs is 1. The van der Waals surface area contributed by atoms with Crippen molar-refractivity contribution in [2.24, 2.45) is 5.73 Å². The second-order valence-electron chi connectivity index (χ2n) is 7.87. The number of hydrogen-bond donors (Lipinski definition) is 2. The molecule has 1 aliphatic carbocycles. The Morgan fingerprint density at radius 2 is 1.87 bits per heavy atom. The van der Waals surface area contributed by atoms with Crippen molar-refractivity contribution in [1.82, 2.24) is 14.9 Å². The van der Waals surface area contributed by atoms with Crippen LogP contribution in [0.3, 0.4) is 0 Å². The number of nitrogens with zero attached hydrogens (tertiary/aromatic N) is 2. The zero-order valence-corrected chi connectivity index (χ0v) is 19.1. The standard InChI is InChI=1S/C24H28N4O.2ClH/c25-23(13-21-16-28(17-27-21)15-18-7-2-1-3-8-18)24(29)26-14-20-11-6-10-19-9-4-5-12-22(19)20;;/h1-5,7-9,12,16-17,20,23H,6,10-11,13-15,25H2,(H,26,29);2*1H/t20?,23-;;/m0../s1. The average Bonchev–Trinajstić information content (AvgIpc) is 3.19. The third-order valence-electron chi connectivity index (χ3n) is 5.68. The molecular formula is C24H30Cl2N4O. The average molecular weight is 461 g/mol. The highest BCUT2D eigenvalue weighted by molar-refractivity contribution is 5.85. The van der Waals surface area contributed by atoms with Gasteiger partial charge in [-0.1, -0.05) is 54.6 Å². The van der Waals surface area contributed by atoms with Crippen LogP contribution in [0.4, 0.5) is 0 Å². The van der Waals surface area contributed by atoms with E-state index in [-0.39, 0.29) is 30.7 Å². The van der Waals surface area contributed by atoms with Gasteiger partial charge in [0, 0.05) is 31.6 Å². The molecule has 4 rings (SSSR count). The predicted molar refractivity (Wildman–Crippen MR) is 129 cm³/mol. The van der Waals surface area contributed by atoms with Crippen LogP contribution in [-0.4, -0.2) is 28.0 Å². The fourth-order valence-corrected chi connectivity index (χ4v) is 4.13. The lowest BCUT2D eigenvalue weighted by Gasteiger charge is -2.26. The van der Waals surface area contributed by atoms with Crippen LogP contribution >= 0.6 is 24.8 Å². The van der Waals surface area contributed by atoms with Gasteiger partial charge in [0.25, 0.3) is 0 Å². The molecule has 1 aromatic heterocycles. The lowest BCUT2D eigenvalue weighted by atomic mass is 9.83. The summed E-state index contributed by atoms with van der Waals surface area (Å²) in [4.78, 5) is 16.9. The Bertz CT molecular complexity index is 961. The number of nitrogens with two attached hydrogens (primary N) is 1. The van der Waals surface area contributed by atoms with Crippen molar-refractivity contribution in [3.63, 3.8) is 0 Å². The van der Waals surface area contributed by atoms with E-state index in [1.807, 2.05) is 29.0 Å². The number of rotatable bonds is 7. The van der Waals surface area contributed by atoms with Crippen molar-refractivity contribution in [3.8, 4) is 0 Å². The molecule has 0 spiro atoms. The number of carbonyl (C=O) groups is 1. The Balaban J connectivity index is 0.00000171. The first-order chi connectivity index (χ1) is 14.2. The monoisotopic (exact) mass is 460 g/mol. The first kappa shape index (κ1) is 24.9. The molecule has 1 heterocycles. The van der Waals surface area contributed by atoms with Gasteiger partial charge in [0.2, 0.25) is 5.91 Å². The molecule has 2 aromatic carbocycles. The van der Waals surface area contributed by atoms with Crippen LogP contribution in [0.1, 0.15) is 41.1 Å². The molecule has 2 atom stereocenters. The maximum absolute atomic E-state index is 12.5. The molecule has 3 N–H and O–H groups in total. The van der Waals surface area contributed by atoms with Crippen molar-refractivity contribution in [1.29, 1.82) is 0 Å².